The summed E-state index contributed by atoms with van der Waals surface area (Å²) in [5, 5.41) is 14.3. The van der Waals surface area contributed by atoms with Crippen LogP contribution in [0.25, 0.3) is 21.7 Å². The number of likely N-dealkylation sites (tertiary alicyclic amines) is 1. The monoisotopic (exact) mass is 1080 g/mol. The molecule has 2 unspecified atom stereocenters. The third-order valence-corrected chi connectivity index (χ3v) is 14.0. The van der Waals surface area contributed by atoms with Crippen LogP contribution in [0.15, 0.2) is 72.4 Å². The number of hydrogen-bond acceptors (Lipinski definition) is 11. The van der Waals surface area contributed by atoms with E-state index in [0.717, 1.165) is 57.1 Å². The highest BCUT2D eigenvalue weighted by Gasteiger charge is 2.52. The number of carbonyl (C=O) groups excluding carboxylic acids is 4. The van der Waals surface area contributed by atoms with Gasteiger partial charge in [0.05, 0.1) is 51.9 Å². The molecule has 0 radical (unpaired) electrons. The normalized spacial score (nSPS) is 16.5. The average molecular weight is 1080 g/mol. The number of alkyl halides is 4. The molecule has 0 saturated carbocycles. The van der Waals surface area contributed by atoms with Crippen LogP contribution in [-0.4, -0.2) is 93.8 Å². The van der Waals surface area contributed by atoms with Crippen molar-refractivity contribution < 1.29 is 59.4 Å². The number of thiazole rings is 1. The molecule has 23 heteroatoms. The number of hydrogen-bond donors (Lipinski definition) is 2. The smallest absolute Gasteiger partial charge is 0.420 e. The predicted octanol–water partition coefficient (Wildman–Crippen LogP) is 9.37. The van der Waals surface area contributed by atoms with Crippen molar-refractivity contribution >= 4 is 63.7 Å². The Morgan fingerprint density at radius 3 is 2.33 bits per heavy atom. The molecule has 2 aromatic heterocycles. The third kappa shape index (κ3) is 12.1. The highest BCUT2D eigenvalue weighted by atomic mass is 32.1. The van der Waals surface area contributed by atoms with Crippen LogP contribution in [0, 0.1) is 41.1 Å². The second kappa shape index (κ2) is 22.4. The van der Waals surface area contributed by atoms with E-state index < -0.39 is 106 Å². The summed E-state index contributed by atoms with van der Waals surface area (Å²) in [7, 11) is 0. The van der Waals surface area contributed by atoms with Gasteiger partial charge in [0.25, 0.3) is 5.91 Å². The highest BCUT2D eigenvalue weighted by molar-refractivity contribution is 7.81. The van der Waals surface area contributed by atoms with Gasteiger partial charge >= 0.3 is 6.18 Å². The number of carbonyl (C=O) groups is 4. The van der Waals surface area contributed by atoms with Crippen LogP contribution >= 0.6 is 23.6 Å². The van der Waals surface area contributed by atoms with E-state index in [2.05, 4.69) is 20.6 Å². The van der Waals surface area contributed by atoms with Crippen molar-refractivity contribution in [3.63, 3.8) is 0 Å². The first-order valence-electron chi connectivity index (χ1n) is 23.5. The zero-order valence-electron chi connectivity index (χ0n) is 41.4. The summed E-state index contributed by atoms with van der Waals surface area (Å²) in [5.74, 6) is -6.66. The second-order valence-electron chi connectivity index (χ2n) is 19.4. The van der Waals surface area contributed by atoms with Gasteiger partial charge in [0, 0.05) is 31.1 Å². The number of nitriles is 1. The van der Waals surface area contributed by atoms with Gasteiger partial charge in [0.2, 0.25) is 17.7 Å². The van der Waals surface area contributed by atoms with E-state index in [-0.39, 0.29) is 48.2 Å². The van der Waals surface area contributed by atoms with Gasteiger partial charge in [-0.05, 0) is 92.7 Å². The van der Waals surface area contributed by atoms with E-state index in [0.29, 0.717) is 30.4 Å². The van der Waals surface area contributed by atoms with Gasteiger partial charge in [-0.1, -0.05) is 45.0 Å². The number of aromatic nitrogens is 2. The molecule has 7 rings (SSSR count). The maximum atomic E-state index is 15.7. The summed E-state index contributed by atoms with van der Waals surface area (Å²) in [4.78, 5) is 66.5. The third-order valence-electron chi connectivity index (χ3n) is 12.6. The lowest BCUT2D eigenvalue weighted by molar-refractivity contribution is -0.144. The van der Waals surface area contributed by atoms with E-state index >= 15 is 13.2 Å². The SMILES string of the molecule is Cc1ncsc1-c1ccc(CNC(=O)[C@@H]2CCCN2C(=O)C(NC(=O)COCCC(F)COc2ccc(-c3ncc(N4C(=S)N(c5ccc(C#N)c(C(F)(F)F)c5F)C(=O)C4(C)C)cc3F)cc2F)C(C)(C)C)cc1. The molecular weight excluding hydrogens is 1030 g/mol. The Morgan fingerprint density at radius 2 is 1.71 bits per heavy atom. The molecule has 3 aromatic carbocycles. The summed E-state index contributed by atoms with van der Waals surface area (Å²) in [6.45, 7) is 9.13. The molecule has 0 spiro atoms. The summed E-state index contributed by atoms with van der Waals surface area (Å²) in [6, 6.07) is 13.0. The highest BCUT2D eigenvalue weighted by Crippen LogP contribution is 2.42. The molecule has 2 aliphatic heterocycles. The Labute approximate surface area is 436 Å². The largest absolute Gasteiger partial charge is 0.487 e. The summed E-state index contributed by atoms with van der Waals surface area (Å²) in [6.07, 6.45) is -5.11. The average Bonchev–Trinajstić information content (AvgIpc) is 4.06. The van der Waals surface area contributed by atoms with Crippen LogP contribution < -0.4 is 25.2 Å². The van der Waals surface area contributed by atoms with Crippen molar-refractivity contribution in [3.8, 4) is 33.5 Å². The number of anilines is 2. The maximum Gasteiger partial charge on any atom is 0.420 e. The molecule has 75 heavy (non-hydrogen) atoms. The first-order valence-corrected chi connectivity index (χ1v) is 24.8. The van der Waals surface area contributed by atoms with Crippen molar-refractivity contribution in [1.29, 1.82) is 5.26 Å². The van der Waals surface area contributed by atoms with E-state index in [1.165, 1.54) is 30.9 Å². The molecule has 2 fully saturated rings. The van der Waals surface area contributed by atoms with Gasteiger partial charge in [0.1, 0.15) is 48.3 Å². The lowest BCUT2D eigenvalue weighted by atomic mass is 9.85. The van der Waals surface area contributed by atoms with E-state index in [1.54, 1.807) is 37.6 Å². The first-order chi connectivity index (χ1) is 35.3. The Hall–Kier alpha value is -7.03. The lowest BCUT2D eigenvalue weighted by Gasteiger charge is -2.35. The molecule has 14 nitrogen and oxygen atoms in total. The number of halogens is 7. The van der Waals surface area contributed by atoms with Crippen molar-refractivity contribution in [2.24, 2.45) is 5.41 Å². The fraction of sp³-hybridized carbons (Fsp3) is 0.385. The van der Waals surface area contributed by atoms with Gasteiger partial charge < -0.3 is 29.9 Å². The minimum atomic E-state index is -5.29. The molecule has 0 bridgehead atoms. The fourth-order valence-corrected chi connectivity index (χ4v) is 10.0. The Morgan fingerprint density at radius 1 is 1.00 bits per heavy atom. The fourth-order valence-electron chi connectivity index (χ4n) is 8.70. The van der Waals surface area contributed by atoms with Crippen molar-refractivity contribution in [1.82, 2.24) is 25.5 Å². The van der Waals surface area contributed by atoms with Crippen LogP contribution in [0.3, 0.4) is 0 Å². The lowest BCUT2D eigenvalue weighted by Crippen LogP contribution is -2.58. The molecule has 5 aromatic rings. The molecule has 3 atom stereocenters. The molecule has 396 valence electrons. The number of amides is 4. The van der Waals surface area contributed by atoms with Crippen molar-refractivity contribution in [2.75, 3.05) is 36.2 Å². The van der Waals surface area contributed by atoms with E-state index in [9.17, 15) is 36.7 Å². The standard InChI is InChI=1S/C52H51F7N8O6S2/c1-28-44(75-27-63-28)30-11-9-29(10-12-30)23-62-46(69)38-8-7-18-65(38)47(70)45(50(2,3)4)64-40(68)26-72-19-17-33(53)25-73-39-16-14-31(20-35(39)54)43-36(55)21-34(24-61-43)67-49(74)66(48(71)51(67,5)6)37-15-13-32(22-60)41(42(37)56)52(57,58)59/h9-16,20-21,24,27,33,38,45H,7-8,17-19,23,25-26H2,1-6H3,(H,62,69)(H,64,68)/t33?,38-,45?/m0/s1. The molecule has 2 saturated heterocycles. The predicted molar refractivity (Wildman–Crippen MR) is 268 cm³/mol. The Balaban J connectivity index is 0.882. The molecular formula is C52H51F7N8O6S2. The van der Waals surface area contributed by atoms with Gasteiger partial charge in [-0.3, -0.25) is 29.1 Å². The van der Waals surface area contributed by atoms with E-state index in [1.807, 2.05) is 31.2 Å². The number of thiocarbonyl (C=S) groups is 1. The topological polar surface area (TPSA) is 170 Å². The van der Waals surface area contributed by atoms with Crippen LogP contribution in [0.5, 0.6) is 5.75 Å². The summed E-state index contributed by atoms with van der Waals surface area (Å²) < 4.78 is 114. The second-order valence-corrected chi connectivity index (χ2v) is 20.6. The van der Waals surface area contributed by atoms with Crippen LogP contribution in [0.1, 0.15) is 76.3 Å². The minimum Gasteiger partial charge on any atom is -0.487 e. The van der Waals surface area contributed by atoms with Crippen molar-refractivity contribution in [3.05, 3.63) is 112 Å². The number of benzene rings is 3. The quantitative estimate of drug-likeness (QED) is 0.0517. The van der Waals surface area contributed by atoms with Gasteiger partial charge in [-0.2, -0.15) is 18.4 Å². The number of nitrogens with one attached hydrogen (secondary N) is 2. The van der Waals surface area contributed by atoms with Gasteiger partial charge in [-0.25, -0.2) is 22.5 Å². The number of ether oxygens (including phenoxy) is 2. The number of nitrogens with zero attached hydrogens (tertiary/aromatic N) is 6. The number of rotatable bonds is 17. The molecule has 0 aliphatic carbocycles. The zero-order valence-corrected chi connectivity index (χ0v) is 43.0. The molecule has 2 N–H and O–H groups in total. The Kier molecular flexibility index (Phi) is 16.7. The maximum absolute atomic E-state index is 15.7. The van der Waals surface area contributed by atoms with Crippen LogP contribution in [-0.2, 0) is 36.6 Å². The van der Waals surface area contributed by atoms with Crippen LogP contribution in [0.4, 0.5) is 42.1 Å². The summed E-state index contributed by atoms with van der Waals surface area (Å²) in [5.41, 5.74) is -2.21. The number of aryl methyl sites for hydroxylation is 1. The zero-order chi connectivity index (χ0) is 54.7. The first kappa shape index (κ1) is 55.7. The Bertz CT molecular complexity index is 3050. The molecule has 4 heterocycles. The van der Waals surface area contributed by atoms with E-state index in [4.69, 9.17) is 27.0 Å². The minimum absolute atomic E-state index is 0.0787. The van der Waals surface area contributed by atoms with Crippen LogP contribution in [0.2, 0.25) is 0 Å². The molecule has 2 aliphatic rings. The van der Waals surface area contributed by atoms with Crippen molar-refractivity contribution in [2.45, 2.75) is 97.3 Å². The van der Waals surface area contributed by atoms with Gasteiger partial charge in [0.15, 0.2) is 28.3 Å². The number of pyridine rings is 1. The van der Waals surface area contributed by atoms with Gasteiger partial charge in [-0.15, -0.1) is 11.3 Å². The molecule has 4 amide bonds. The summed E-state index contributed by atoms with van der Waals surface area (Å²) >= 11 is 6.96.